The molecule has 5 heteroatoms. The molecule has 1 atom stereocenters. The Labute approximate surface area is 71.1 Å². The summed E-state index contributed by atoms with van der Waals surface area (Å²) in [5.74, 6) is 0. The minimum absolute atomic E-state index is 0.120. The van der Waals surface area contributed by atoms with Crippen molar-refractivity contribution in [2.45, 2.75) is 12.2 Å². The van der Waals surface area contributed by atoms with Crippen LogP contribution in [0.5, 0.6) is 0 Å². The van der Waals surface area contributed by atoms with Gasteiger partial charge in [-0.3, -0.25) is 4.55 Å². The maximum atomic E-state index is 10.5. The van der Waals surface area contributed by atoms with Gasteiger partial charge in [0.05, 0.1) is 0 Å². The van der Waals surface area contributed by atoms with Gasteiger partial charge >= 0.3 is 0 Å². The first-order chi connectivity index (χ1) is 4.89. The van der Waals surface area contributed by atoms with Crippen LogP contribution in [0.1, 0.15) is 6.92 Å². The van der Waals surface area contributed by atoms with Crippen molar-refractivity contribution < 1.29 is 13.0 Å². The van der Waals surface area contributed by atoms with Crippen LogP contribution in [-0.2, 0) is 10.1 Å². The van der Waals surface area contributed by atoms with Gasteiger partial charge in [0, 0.05) is 5.03 Å². The molecule has 11 heavy (non-hydrogen) atoms. The largest absolute Gasteiger partial charge is 0.285 e. The molecule has 0 fully saturated rings. The summed E-state index contributed by atoms with van der Waals surface area (Å²) < 4.78 is 29.6. The molecule has 0 saturated heterocycles. The van der Waals surface area contributed by atoms with Gasteiger partial charge in [-0.05, 0) is 6.92 Å². The van der Waals surface area contributed by atoms with E-state index in [1.54, 1.807) is 6.92 Å². The molecule has 3 nitrogen and oxygen atoms in total. The first kappa shape index (κ1) is 10.7. The highest BCUT2D eigenvalue weighted by Gasteiger charge is 2.21. The molecule has 1 N–H and O–H groups in total. The van der Waals surface area contributed by atoms with E-state index in [1.165, 1.54) is 12.2 Å². The van der Waals surface area contributed by atoms with E-state index >= 15 is 0 Å². The van der Waals surface area contributed by atoms with E-state index in [9.17, 15) is 8.42 Å². The second-order valence-corrected chi connectivity index (χ2v) is 3.93. The summed E-state index contributed by atoms with van der Waals surface area (Å²) in [6.07, 6.45) is 2.73. The molecule has 1 unspecified atom stereocenters. The van der Waals surface area contributed by atoms with Crippen LogP contribution in [-0.4, -0.2) is 18.2 Å². The summed E-state index contributed by atoms with van der Waals surface area (Å²) >= 11 is 5.32. The second kappa shape index (κ2) is 3.90. The van der Waals surface area contributed by atoms with Gasteiger partial charge in [0.1, 0.15) is 5.25 Å². The molecular formula is C6H9ClO3S. The zero-order valence-electron chi connectivity index (χ0n) is 5.99. The molecule has 0 aromatic carbocycles. The topological polar surface area (TPSA) is 54.4 Å². The van der Waals surface area contributed by atoms with E-state index in [0.29, 0.717) is 0 Å². The standard InChI is InChI=1S/C6H9ClO3S/c1-3-4-6(5(2)7)11(8,9)10/h3-4,6H,2H2,1H3,(H,8,9,10)/b4-3-. The van der Waals surface area contributed by atoms with Gasteiger partial charge in [-0.25, -0.2) is 0 Å². The van der Waals surface area contributed by atoms with Crippen molar-refractivity contribution in [1.82, 2.24) is 0 Å². The van der Waals surface area contributed by atoms with Crippen LogP contribution in [0.2, 0.25) is 0 Å². The summed E-state index contributed by atoms with van der Waals surface area (Å²) in [7, 11) is -4.14. The lowest BCUT2D eigenvalue weighted by Gasteiger charge is -2.05. The highest BCUT2D eigenvalue weighted by atomic mass is 35.5. The number of allylic oxidation sites excluding steroid dienone is 1. The molecule has 0 radical (unpaired) electrons. The van der Waals surface area contributed by atoms with Gasteiger partial charge in [0.25, 0.3) is 10.1 Å². The van der Waals surface area contributed by atoms with Crippen molar-refractivity contribution in [2.75, 3.05) is 0 Å². The quantitative estimate of drug-likeness (QED) is 0.551. The Kier molecular flexibility index (Phi) is 3.78. The Morgan fingerprint density at radius 2 is 2.18 bits per heavy atom. The van der Waals surface area contributed by atoms with Crippen molar-refractivity contribution in [2.24, 2.45) is 0 Å². The summed E-state index contributed by atoms with van der Waals surface area (Å²) in [5.41, 5.74) is 0. The SMILES string of the molecule is C=C(Cl)C(/C=C\C)S(=O)(=O)O. The van der Waals surface area contributed by atoms with Gasteiger partial charge in [-0.1, -0.05) is 30.3 Å². The average molecular weight is 197 g/mol. The number of halogens is 1. The van der Waals surface area contributed by atoms with Gasteiger partial charge in [0.2, 0.25) is 0 Å². The van der Waals surface area contributed by atoms with Crippen LogP contribution in [0.4, 0.5) is 0 Å². The van der Waals surface area contributed by atoms with Crippen molar-refractivity contribution in [3.8, 4) is 0 Å². The van der Waals surface area contributed by atoms with E-state index in [0.717, 1.165) is 0 Å². The van der Waals surface area contributed by atoms with E-state index in [4.69, 9.17) is 16.2 Å². The van der Waals surface area contributed by atoms with Crippen LogP contribution in [0.25, 0.3) is 0 Å². The molecule has 0 aliphatic rings. The maximum Gasteiger partial charge on any atom is 0.276 e. The summed E-state index contributed by atoms with van der Waals surface area (Å²) in [5, 5.41) is -1.32. The third kappa shape index (κ3) is 3.55. The average Bonchev–Trinajstić information content (AvgIpc) is 1.79. The Hall–Kier alpha value is -0.320. The van der Waals surface area contributed by atoms with Crippen molar-refractivity contribution in [1.29, 1.82) is 0 Å². The summed E-state index contributed by atoms with van der Waals surface area (Å²) in [6.45, 7) is 4.84. The summed E-state index contributed by atoms with van der Waals surface area (Å²) in [4.78, 5) is 0. The number of hydrogen-bond donors (Lipinski definition) is 1. The number of hydrogen-bond acceptors (Lipinski definition) is 2. The van der Waals surface area contributed by atoms with Crippen LogP contribution >= 0.6 is 11.6 Å². The molecule has 0 rings (SSSR count). The molecule has 0 aliphatic heterocycles. The summed E-state index contributed by atoms with van der Waals surface area (Å²) in [6, 6.07) is 0. The molecule has 0 spiro atoms. The van der Waals surface area contributed by atoms with E-state index in [1.807, 2.05) is 0 Å². The van der Waals surface area contributed by atoms with Crippen LogP contribution in [0, 0.1) is 0 Å². The zero-order valence-corrected chi connectivity index (χ0v) is 7.56. The minimum atomic E-state index is -4.14. The lowest BCUT2D eigenvalue weighted by atomic mass is 10.4. The third-order valence-electron chi connectivity index (χ3n) is 0.997. The molecule has 64 valence electrons. The Balaban J connectivity index is 4.78. The smallest absolute Gasteiger partial charge is 0.276 e. The van der Waals surface area contributed by atoms with Gasteiger partial charge in [0.15, 0.2) is 0 Å². The van der Waals surface area contributed by atoms with Crippen molar-refractivity contribution >= 4 is 21.7 Å². The molecular weight excluding hydrogens is 188 g/mol. The normalized spacial score (nSPS) is 15.2. The Bertz CT molecular complexity index is 266. The zero-order chi connectivity index (χ0) is 9.07. The predicted molar refractivity (Wildman–Crippen MR) is 45.1 cm³/mol. The first-order valence-corrected chi connectivity index (χ1v) is 4.71. The van der Waals surface area contributed by atoms with Gasteiger partial charge < -0.3 is 0 Å². The monoisotopic (exact) mass is 196 g/mol. The van der Waals surface area contributed by atoms with Gasteiger partial charge in [-0.2, -0.15) is 8.42 Å². The highest BCUT2D eigenvalue weighted by molar-refractivity contribution is 7.86. The fourth-order valence-corrected chi connectivity index (χ4v) is 1.63. The van der Waals surface area contributed by atoms with Crippen LogP contribution < -0.4 is 0 Å². The first-order valence-electron chi connectivity index (χ1n) is 2.83. The lowest BCUT2D eigenvalue weighted by Crippen LogP contribution is -2.17. The molecule has 0 aliphatic carbocycles. The Morgan fingerprint density at radius 1 is 1.73 bits per heavy atom. The molecule has 0 bridgehead atoms. The fourth-order valence-electron chi connectivity index (χ4n) is 0.540. The fraction of sp³-hybridized carbons (Fsp3) is 0.333. The highest BCUT2D eigenvalue weighted by Crippen LogP contribution is 2.14. The molecule has 0 heterocycles. The van der Waals surface area contributed by atoms with E-state index in [-0.39, 0.29) is 5.03 Å². The van der Waals surface area contributed by atoms with Crippen molar-refractivity contribution in [3.63, 3.8) is 0 Å². The van der Waals surface area contributed by atoms with Crippen molar-refractivity contribution in [3.05, 3.63) is 23.8 Å². The predicted octanol–water partition coefficient (Wildman–Crippen LogP) is 1.57. The molecule has 0 aromatic heterocycles. The Morgan fingerprint density at radius 3 is 2.27 bits per heavy atom. The van der Waals surface area contributed by atoms with E-state index < -0.39 is 15.4 Å². The van der Waals surface area contributed by atoms with Gasteiger partial charge in [-0.15, -0.1) is 0 Å². The minimum Gasteiger partial charge on any atom is -0.285 e. The van der Waals surface area contributed by atoms with Crippen LogP contribution in [0.3, 0.4) is 0 Å². The maximum absolute atomic E-state index is 10.5. The number of rotatable bonds is 3. The van der Waals surface area contributed by atoms with Crippen LogP contribution in [0.15, 0.2) is 23.8 Å². The second-order valence-electron chi connectivity index (χ2n) is 1.91. The molecule has 0 saturated carbocycles. The van der Waals surface area contributed by atoms with E-state index in [2.05, 4.69) is 6.58 Å². The third-order valence-corrected chi connectivity index (χ3v) is 2.44. The molecule has 0 aromatic rings. The molecule has 0 amide bonds. The lowest BCUT2D eigenvalue weighted by molar-refractivity contribution is 0.480.